The van der Waals surface area contributed by atoms with Crippen LogP contribution >= 0.6 is 39.1 Å². The average molecular weight is 700 g/mol. The maximum atomic E-state index is 11.4. The number of esters is 1. The lowest BCUT2D eigenvalue weighted by molar-refractivity contribution is -0.146. The van der Waals surface area contributed by atoms with E-state index in [4.69, 9.17) is 37.8 Å². The summed E-state index contributed by atoms with van der Waals surface area (Å²) in [5.74, 6) is 0.434. The van der Waals surface area contributed by atoms with Gasteiger partial charge in [0.15, 0.2) is 0 Å². The van der Waals surface area contributed by atoms with Gasteiger partial charge in [-0.1, -0.05) is 63.4 Å². The molecule has 0 heterocycles. The number of aryl methyl sites for hydroxylation is 2. The Labute approximate surface area is 275 Å². The van der Waals surface area contributed by atoms with Crippen LogP contribution in [0, 0.1) is 11.8 Å². The molecule has 0 bridgehead atoms. The van der Waals surface area contributed by atoms with Gasteiger partial charge >= 0.3 is 11.9 Å². The monoisotopic (exact) mass is 698 g/mol. The molecular weight excluding hydrogens is 667 g/mol. The van der Waals surface area contributed by atoms with Gasteiger partial charge in [-0.3, -0.25) is 9.59 Å². The van der Waals surface area contributed by atoms with Gasteiger partial charge in [0.05, 0.1) is 18.9 Å². The molecule has 9 heteroatoms. The third kappa shape index (κ3) is 9.74. The minimum atomic E-state index is -0.721. The number of carbonyl (C=O) groups excluding carboxylic acids is 1. The van der Waals surface area contributed by atoms with Crippen LogP contribution in [-0.4, -0.2) is 29.3 Å². The fourth-order valence-electron chi connectivity index (χ4n) is 5.25. The molecule has 0 saturated carbocycles. The van der Waals surface area contributed by atoms with Crippen molar-refractivity contribution in [3.05, 3.63) is 122 Å². The van der Waals surface area contributed by atoms with Crippen molar-refractivity contribution in [2.75, 3.05) is 7.11 Å². The lowest BCUT2D eigenvalue weighted by Crippen LogP contribution is -2.23. The molecule has 4 aromatic carbocycles. The standard InChI is InChI=1S/C17H15ClO3.C12H14O3.C6H4BrCl/c18-14-2-1-3-15(10-14)21-16-7-6-11-4-5-12(17(19)20)8-13(11)9-16;1-15-12(14)9-3-2-8-4-5-11(13)7-10(8)6-9;7-5-2-1-3-6(8)4-5/h1-3,6-7,9-10,12H,4-5,8H2,(H,19,20);4-5,7,9,13H,2-3,6H2,1H3;1-4H. The van der Waals surface area contributed by atoms with Crippen molar-refractivity contribution in [2.24, 2.45) is 11.8 Å². The van der Waals surface area contributed by atoms with Crippen molar-refractivity contribution in [1.82, 2.24) is 0 Å². The van der Waals surface area contributed by atoms with Crippen molar-refractivity contribution in [1.29, 1.82) is 0 Å². The average Bonchev–Trinajstić information content (AvgIpc) is 3.00. The van der Waals surface area contributed by atoms with Crippen LogP contribution in [-0.2, 0) is 40.0 Å². The van der Waals surface area contributed by atoms with Crippen molar-refractivity contribution >= 4 is 51.1 Å². The number of fused-ring (bicyclic) bond motifs is 2. The maximum absolute atomic E-state index is 11.4. The summed E-state index contributed by atoms with van der Waals surface area (Å²) in [5.41, 5.74) is 4.57. The van der Waals surface area contributed by atoms with Crippen molar-refractivity contribution < 1.29 is 29.3 Å². The molecule has 6 rings (SSSR count). The normalized spacial score (nSPS) is 16.5. The van der Waals surface area contributed by atoms with Crippen LogP contribution in [0.25, 0.3) is 0 Å². The molecule has 2 atom stereocenters. The highest BCUT2D eigenvalue weighted by Crippen LogP contribution is 2.32. The number of benzene rings is 4. The van der Waals surface area contributed by atoms with Gasteiger partial charge in [0.2, 0.25) is 0 Å². The molecule has 0 saturated heterocycles. The number of halogens is 3. The van der Waals surface area contributed by atoms with E-state index in [1.54, 1.807) is 24.3 Å². The predicted molar refractivity (Wildman–Crippen MR) is 176 cm³/mol. The number of carboxylic acids is 1. The third-order valence-electron chi connectivity index (χ3n) is 7.53. The Morgan fingerprint density at radius 3 is 1.95 bits per heavy atom. The second kappa shape index (κ2) is 16.0. The Bertz CT molecular complexity index is 1590. The first-order chi connectivity index (χ1) is 21.1. The summed E-state index contributed by atoms with van der Waals surface area (Å²) in [5, 5.41) is 19.9. The van der Waals surface area contributed by atoms with Crippen molar-refractivity contribution in [3.8, 4) is 17.2 Å². The highest BCUT2D eigenvalue weighted by atomic mass is 79.9. The summed E-state index contributed by atoms with van der Waals surface area (Å²) in [6.07, 6.45) is 4.48. The Kier molecular flexibility index (Phi) is 12.1. The molecule has 2 aliphatic rings. The summed E-state index contributed by atoms with van der Waals surface area (Å²) in [6, 6.07) is 26.0. The minimum absolute atomic E-state index is 0.0516. The number of carboxylic acid groups (broad SMARTS) is 1. The highest BCUT2D eigenvalue weighted by Gasteiger charge is 2.26. The summed E-state index contributed by atoms with van der Waals surface area (Å²) < 4.78 is 11.5. The highest BCUT2D eigenvalue weighted by molar-refractivity contribution is 9.10. The number of ether oxygens (including phenoxy) is 2. The summed E-state index contributed by atoms with van der Waals surface area (Å²) in [4.78, 5) is 22.5. The van der Waals surface area contributed by atoms with Crippen LogP contribution < -0.4 is 4.74 Å². The predicted octanol–water partition coefficient (Wildman–Crippen LogP) is 9.09. The number of methoxy groups -OCH3 is 1. The number of carbonyl (C=O) groups is 2. The minimum Gasteiger partial charge on any atom is -0.508 e. The van der Waals surface area contributed by atoms with Crippen LogP contribution in [0.2, 0.25) is 10.0 Å². The molecule has 0 amide bonds. The molecule has 0 aliphatic heterocycles. The number of phenols is 1. The van der Waals surface area contributed by atoms with E-state index in [9.17, 15) is 14.7 Å². The number of hydrogen-bond acceptors (Lipinski definition) is 5. The molecule has 2 unspecified atom stereocenters. The first kappa shape index (κ1) is 33.4. The molecule has 230 valence electrons. The Morgan fingerprint density at radius 2 is 1.34 bits per heavy atom. The third-order valence-corrected chi connectivity index (χ3v) is 8.49. The first-order valence-corrected chi connectivity index (χ1v) is 15.7. The molecule has 2 N–H and O–H groups in total. The van der Waals surface area contributed by atoms with Crippen LogP contribution in [0.15, 0.2) is 89.4 Å². The lowest BCUT2D eigenvalue weighted by atomic mass is 9.84. The van der Waals surface area contributed by atoms with Crippen molar-refractivity contribution in [3.63, 3.8) is 0 Å². The number of aromatic hydroxyl groups is 1. The van der Waals surface area contributed by atoms with Crippen molar-refractivity contribution in [2.45, 2.75) is 38.5 Å². The van der Waals surface area contributed by atoms with Gasteiger partial charge < -0.3 is 19.7 Å². The SMILES string of the molecule is COC(=O)C1CCc2ccc(O)cc2C1.Clc1cccc(Br)c1.O=C(O)C1CCc2ccc(Oc3cccc(Cl)c3)cc2C1. The molecule has 0 spiro atoms. The van der Waals surface area contributed by atoms with Crippen LogP contribution in [0.3, 0.4) is 0 Å². The first-order valence-electron chi connectivity index (χ1n) is 14.2. The van der Waals surface area contributed by atoms with E-state index in [-0.39, 0.29) is 23.6 Å². The topological polar surface area (TPSA) is 93.1 Å². The Morgan fingerprint density at radius 1 is 0.750 bits per heavy atom. The van der Waals surface area contributed by atoms with Gasteiger partial charge in [0, 0.05) is 14.5 Å². The Hall–Kier alpha value is -3.52. The van der Waals surface area contributed by atoms with Gasteiger partial charge in [-0.15, -0.1) is 0 Å². The second-order valence-corrected chi connectivity index (χ2v) is 12.4. The van der Waals surface area contributed by atoms with E-state index in [2.05, 4.69) is 15.9 Å². The van der Waals surface area contributed by atoms with E-state index in [1.165, 1.54) is 18.2 Å². The molecule has 2 aliphatic carbocycles. The molecule has 0 fully saturated rings. The number of hydrogen-bond donors (Lipinski definition) is 2. The zero-order valence-electron chi connectivity index (χ0n) is 24.1. The molecular formula is C35H33BrCl2O6. The Balaban J connectivity index is 0.000000167. The largest absolute Gasteiger partial charge is 0.508 e. The van der Waals surface area contributed by atoms with E-state index in [0.717, 1.165) is 39.9 Å². The zero-order chi connectivity index (χ0) is 31.6. The lowest BCUT2D eigenvalue weighted by Gasteiger charge is -2.22. The van der Waals surface area contributed by atoms with Gasteiger partial charge in [-0.25, -0.2) is 0 Å². The van der Waals surface area contributed by atoms with Crippen LogP contribution in [0.5, 0.6) is 17.2 Å². The second-order valence-electron chi connectivity index (χ2n) is 10.6. The van der Waals surface area contributed by atoms with E-state index < -0.39 is 5.97 Å². The van der Waals surface area contributed by atoms with E-state index in [0.29, 0.717) is 35.8 Å². The maximum Gasteiger partial charge on any atom is 0.309 e. The fourth-order valence-corrected chi connectivity index (χ4v) is 6.15. The molecule has 0 aromatic heterocycles. The summed E-state index contributed by atoms with van der Waals surface area (Å²) in [7, 11) is 1.42. The van der Waals surface area contributed by atoms with Gasteiger partial charge in [0.1, 0.15) is 17.2 Å². The number of aliphatic carboxylic acids is 1. The molecule has 44 heavy (non-hydrogen) atoms. The summed E-state index contributed by atoms with van der Waals surface area (Å²) in [6.45, 7) is 0. The van der Waals surface area contributed by atoms with E-state index in [1.807, 2.05) is 60.7 Å². The van der Waals surface area contributed by atoms with Gasteiger partial charge in [0.25, 0.3) is 0 Å². The molecule has 4 aromatic rings. The quantitative estimate of drug-likeness (QED) is 0.207. The van der Waals surface area contributed by atoms with Gasteiger partial charge in [-0.2, -0.15) is 0 Å². The van der Waals surface area contributed by atoms with Crippen LogP contribution in [0.1, 0.15) is 35.1 Å². The zero-order valence-corrected chi connectivity index (χ0v) is 27.2. The fraction of sp³-hybridized carbons (Fsp3) is 0.257. The smallest absolute Gasteiger partial charge is 0.309 e. The molecule has 0 radical (unpaired) electrons. The number of rotatable bonds is 4. The van der Waals surface area contributed by atoms with E-state index >= 15 is 0 Å². The number of phenolic OH excluding ortho intramolecular Hbond substituents is 1. The molecule has 6 nitrogen and oxygen atoms in total. The van der Waals surface area contributed by atoms with Gasteiger partial charge in [-0.05, 0) is 121 Å². The van der Waals surface area contributed by atoms with Crippen LogP contribution in [0.4, 0.5) is 0 Å². The summed E-state index contributed by atoms with van der Waals surface area (Å²) >= 11 is 14.8.